The third kappa shape index (κ3) is 2.88. The molecule has 1 heterocycles. The first kappa shape index (κ1) is 12.2. The molecule has 0 saturated heterocycles. The van der Waals surface area contributed by atoms with Crippen LogP contribution in [0.4, 0.5) is 5.69 Å². The molecule has 1 aromatic heterocycles. The van der Waals surface area contributed by atoms with E-state index in [9.17, 15) is 0 Å². The smallest absolute Gasteiger partial charge is 0.101 e. The lowest BCUT2D eigenvalue weighted by molar-refractivity contribution is 1.03. The van der Waals surface area contributed by atoms with Gasteiger partial charge in [0.1, 0.15) is 12.1 Å². The minimum absolute atomic E-state index is 0.415. The molecule has 2 rings (SSSR count). The molecule has 0 spiro atoms. The van der Waals surface area contributed by atoms with Gasteiger partial charge in [-0.25, -0.2) is 0 Å². The Kier molecular flexibility index (Phi) is 3.96. The molecule has 88 valence electrons. The van der Waals surface area contributed by atoms with Gasteiger partial charge in [-0.15, -0.1) is 0 Å². The van der Waals surface area contributed by atoms with E-state index in [2.05, 4.69) is 22.1 Å². The summed E-state index contributed by atoms with van der Waals surface area (Å²) in [6.45, 7) is 0.813. The van der Waals surface area contributed by atoms with E-state index in [0.717, 1.165) is 18.7 Å². The Hall–Kier alpha value is -2.30. The first-order valence-electron chi connectivity index (χ1n) is 5.52. The lowest BCUT2D eigenvalue weighted by Gasteiger charge is -2.06. The number of thiophene rings is 1. The van der Waals surface area contributed by atoms with Crippen molar-refractivity contribution in [3.05, 3.63) is 51.7 Å². The summed E-state index contributed by atoms with van der Waals surface area (Å²) in [7, 11) is 0. The van der Waals surface area contributed by atoms with Crippen molar-refractivity contribution in [3.8, 4) is 12.1 Å². The predicted octanol–water partition coefficient (Wildman–Crippen LogP) is 3.15. The molecule has 4 heteroatoms. The van der Waals surface area contributed by atoms with Crippen LogP contribution in [0.2, 0.25) is 0 Å². The van der Waals surface area contributed by atoms with Crippen molar-refractivity contribution < 1.29 is 0 Å². The van der Waals surface area contributed by atoms with Crippen LogP contribution in [0.15, 0.2) is 35.0 Å². The standard InChI is InChI=1S/C14H11N3S/c15-8-12-1-2-14(7-13(12)9-16)17-5-3-11-4-6-18-10-11/h1-2,4,6-7,10,17H,3,5H2. The van der Waals surface area contributed by atoms with Crippen LogP contribution in [0.3, 0.4) is 0 Å². The van der Waals surface area contributed by atoms with E-state index in [0.29, 0.717) is 11.1 Å². The summed E-state index contributed by atoms with van der Waals surface area (Å²) in [5.74, 6) is 0. The molecule has 0 radical (unpaired) electrons. The molecule has 0 aliphatic heterocycles. The van der Waals surface area contributed by atoms with Crippen LogP contribution < -0.4 is 5.32 Å². The molecule has 0 aliphatic rings. The van der Waals surface area contributed by atoms with Crippen molar-refractivity contribution in [1.82, 2.24) is 0 Å². The highest BCUT2D eigenvalue weighted by molar-refractivity contribution is 7.07. The second-order valence-electron chi connectivity index (χ2n) is 3.79. The maximum absolute atomic E-state index is 8.92. The Labute approximate surface area is 110 Å². The summed E-state index contributed by atoms with van der Waals surface area (Å²) in [6, 6.07) is 11.3. The highest BCUT2D eigenvalue weighted by Crippen LogP contribution is 2.15. The molecule has 1 aromatic carbocycles. The lowest BCUT2D eigenvalue weighted by atomic mass is 10.1. The van der Waals surface area contributed by atoms with Crippen LogP contribution >= 0.6 is 11.3 Å². The third-order valence-electron chi connectivity index (χ3n) is 2.58. The van der Waals surface area contributed by atoms with Gasteiger partial charge in [-0.2, -0.15) is 21.9 Å². The van der Waals surface area contributed by atoms with Gasteiger partial charge in [0.25, 0.3) is 0 Å². The Morgan fingerprint density at radius 2 is 1.94 bits per heavy atom. The van der Waals surface area contributed by atoms with Gasteiger partial charge in [0.05, 0.1) is 11.1 Å². The topological polar surface area (TPSA) is 59.6 Å². The highest BCUT2D eigenvalue weighted by Gasteiger charge is 2.02. The van der Waals surface area contributed by atoms with Crippen molar-refractivity contribution in [2.45, 2.75) is 6.42 Å². The molecule has 0 fully saturated rings. The Bertz CT molecular complexity index is 603. The second-order valence-corrected chi connectivity index (χ2v) is 4.57. The summed E-state index contributed by atoms with van der Waals surface area (Å²) in [5, 5.41) is 25.2. The molecule has 2 aromatic rings. The molecule has 0 unspecified atom stereocenters. The van der Waals surface area contributed by atoms with Crippen LogP contribution in [0.1, 0.15) is 16.7 Å². The molecule has 0 saturated carbocycles. The summed E-state index contributed by atoms with van der Waals surface area (Å²) in [5.41, 5.74) is 3.02. The van der Waals surface area contributed by atoms with Crippen molar-refractivity contribution in [2.24, 2.45) is 0 Å². The van der Waals surface area contributed by atoms with Gasteiger partial charge in [-0.05, 0) is 47.0 Å². The van der Waals surface area contributed by atoms with Crippen LogP contribution in [0.25, 0.3) is 0 Å². The predicted molar refractivity (Wildman–Crippen MR) is 72.4 cm³/mol. The van der Waals surface area contributed by atoms with E-state index in [1.165, 1.54) is 5.56 Å². The summed E-state index contributed by atoms with van der Waals surface area (Å²) in [6.07, 6.45) is 0.950. The number of hydrogen-bond donors (Lipinski definition) is 1. The van der Waals surface area contributed by atoms with Crippen LogP contribution in [0, 0.1) is 22.7 Å². The minimum Gasteiger partial charge on any atom is -0.385 e. The van der Waals surface area contributed by atoms with Gasteiger partial charge in [0.2, 0.25) is 0 Å². The van der Waals surface area contributed by atoms with Crippen LogP contribution in [-0.4, -0.2) is 6.54 Å². The van der Waals surface area contributed by atoms with Crippen molar-refractivity contribution in [2.75, 3.05) is 11.9 Å². The van der Waals surface area contributed by atoms with Gasteiger partial charge in [0, 0.05) is 12.2 Å². The molecule has 3 nitrogen and oxygen atoms in total. The van der Waals surface area contributed by atoms with E-state index < -0.39 is 0 Å². The first-order valence-corrected chi connectivity index (χ1v) is 6.47. The van der Waals surface area contributed by atoms with Crippen LogP contribution in [0.5, 0.6) is 0 Å². The maximum atomic E-state index is 8.92. The number of nitrogens with one attached hydrogen (secondary N) is 1. The minimum atomic E-state index is 0.415. The highest BCUT2D eigenvalue weighted by atomic mass is 32.1. The van der Waals surface area contributed by atoms with E-state index in [1.807, 2.05) is 18.2 Å². The normalized spacial score (nSPS) is 9.44. The average Bonchev–Trinajstić information content (AvgIpc) is 2.91. The number of anilines is 1. The fraction of sp³-hybridized carbons (Fsp3) is 0.143. The van der Waals surface area contributed by atoms with Gasteiger partial charge < -0.3 is 5.32 Å². The zero-order valence-corrected chi connectivity index (χ0v) is 10.5. The van der Waals surface area contributed by atoms with Crippen molar-refractivity contribution in [1.29, 1.82) is 10.5 Å². The van der Waals surface area contributed by atoms with Gasteiger partial charge in [-0.3, -0.25) is 0 Å². The van der Waals surface area contributed by atoms with Crippen molar-refractivity contribution in [3.63, 3.8) is 0 Å². The Morgan fingerprint density at radius 3 is 2.61 bits per heavy atom. The van der Waals surface area contributed by atoms with E-state index in [4.69, 9.17) is 10.5 Å². The molecule has 0 bridgehead atoms. The number of nitrogens with zero attached hydrogens (tertiary/aromatic N) is 2. The third-order valence-corrected chi connectivity index (χ3v) is 3.32. The SMILES string of the molecule is N#Cc1ccc(NCCc2ccsc2)cc1C#N. The lowest BCUT2D eigenvalue weighted by Crippen LogP contribution is -2.04. The fourth-order valence-electron chi connectivity index (χ4n) is 1.63. The maximum Gasteiger partial charge on any atom is 0.101 e. The first-order chi connectivity index (χ1) is 8.83. The molecule has 0 atom stereocenters. The summed E-state index contributed by atoms with van der Waals surface area (Å²) < 4.78 is 0. The van der Waals surface area contributed by atoms with Crippen molar-refractivity contribution >= 4 is 17.0 Å². The molecule has 18 heavy (non-hydrogen) atoms. The molecular formula is C14H11N3S. The van der Waals surface area contributed by atoms with E-state index >= 15 is 0 Å². The number of benzene rings is 1. The largest absolute Gasteiger partial charge is 0.385 e. The molecular weight excluding hydrogens is 242 g/mol. The zero-order chi connectivity index (χ0) is 12.8. The fourth-order valence-corrected chi connectivity index (χ4v) is 2.33. The zero-order valence-electron chi connectivity index (χ0n) is 9.68. The van der Waals surface area contributed by atoms with Gasteiger partial charge in [0.15, 0.2) is 0 Å². The number of hydrogen-bond acceptors (Lipinski definition) is 4. The quantitative estimate of drug-likeness (QED) is 0.910. The Balaban J connectivity index is 1.98. The van der Waals surface area contributed by atoms with Crippen LogP contribution in [-0.2, 0) is 6.42 Å². The number of rotatable bonds is 4. The van der Waals surface area contributed by atoms with E-state index in [1.54, 1.807) is 23.5 Å². The number of nitriles is 2. The van der Waals surface area contributed by atoms with Gasteiger partial charge in [-0.1, -0.05) is 0 Å². The Morgan fingerprint density at radius 1 is 1.11 bits per heavy atom. The molecule has 1 N–H and O–H groups in total. The summed E-state index contributed by atoms with van der Waals surface area (Å²) in [4.78, 5) is 0. The molecule has 0 amide bonds. The monoisotopic (exact) mass is 253 g/mol. The van der Waals surface area contributed by atoms with E-state index in [-0.39, 0.29) is 0 Å². The van der Waals surface area contributed by atoms with Gasteiger partial charge >= 0.3 is 0 Å². The second kappa shape index (κ2) is 5.86. The average molecular weight is 253 g/mol. The summed E-state index contributed by atoms with van der Waals surface area (Å²) >= 11 is 1.69. The molecule has 0 aliphatic carbocycles.